The third-order valence-electron chi connectivity index (χ3n) is 3.19. The minimum absolute atomic E-state index is 0.509. The van der Waals surface area contributed by atoms with E-state index in [-0.39, 0.29) is 0 Å². The Morgan fingerprint density at radius 2 is 2.10 bits per heavy atom. The Morgan fingerprint density at radius 3 is 2.81 bits per heavy atom. The molecule has 0 amide bonds. The monoisotopic (exact) mass is 281 g/mol. The van der Waals surface area contributed by atoms with E-state index in [1.165, 1.54) is 0 Å². The van der Waals surface area contributed by atoms with Gasteiger partial charge in [-0.3, -0.25) is 9.88 Å². The van der Waals surface area contributed by atoms with Crippen molar-refractivity contribution >= 4 is 5.82 Å². The van der Waals surface area contributed by atoms with Crippen LogP contribution in [-0.4, -0.2) is 28.5 Å². The quantitative estimate of drug-likeness (QED) is 0.844. The molecule has 2 aromatic heterocycles. The highest BCUT2D eigenvalue weighted by atomic mass is 15.1. The summed E-state index contributed by atoms with van der Waals surface area (Å²) in [5.41, 5.74) is 2.27. The normalized spacial score (nSPS) is 10.3. The Labute approximate surface area is 125 Å². The smallest absolute Gasteiger partial charge is 0.130 e. The molecule has 108 valence electrons. The summed E-state index contributed by atoms with van der Waals surface area (Å²) < 4.78 is 0. The molecule has 5 nitrogen and oxygen atoms in total. The molecule has 0 aliphatic rings. The zero-order valence-electron chi connectivity index (χ0n) is 12.2. The molecule has 2 rings (SSSR count). The van der Waals surface area contributed by atoms with Crippen molar-refractivity contribution in [1.29, 1.82) is 5.26 Å². The van der Waals surface area contributed by atoms with E-state index in [4.69, 9.17) is 5.26 Å². The largest absolute Gasteiger partial charge is 0.373 e. The number of anilines is 1. The van der Waals surface area contributed by atoms with Gasteiger partial charge in [-0.15, -0.1) is 0 Å². The lowest BCUT2D eigenvalue weighted by molar-refractivity contribution is 0.263. The average molecular weight is 281 g/mol. The van der Waals surface area contributed by atoms with E-state index in [0.29, 0.717) is 6.42 Å². The van der Waals surface area contributed by atoms with Crippen molar-refractivity contribution in [2.45, 2.75) is 19.5 Å². The minimum Gasteiger partial charge on any atom is -0.373 e. The summed E-state index contributed by atoms with van der Waals surface area (Å²) in [5.74, 6) is 0.880. The van der Waals surface area contributed by atoms with E-state index in [1.54, 1.807) is 12.4 Å². The van der Waals surface area contributed by atoms with Crippen LogP contribution in [0, 0.1) is 11.3 Å². The molecule has 0 fully saturated rings. The zero-order valence-corrected chi connectivity index (χ0v) is 12.2. The Morgan fingerprint density at radius 1 is 1.24 bits per heavy atom. The van der Waals surface area contributed by atoms with Gasteiger partial charge in [0.05, 0.1) is 6.07 Å². The fourth-order valence-corrected chi connectivity index (χ4v) is 2.20. The Balaban J connectivity index is 2.11. The first-order valence-electron chi connectivity index (χ1n) is 6.93. The summed E-state index contributed by atoms with van der Waals surface area (Å²) in [4.78, 5) is 10.7. The molecule has 2 aromatic rings. The fraction of sp³-hybridized carbons (Fsp3) is 0.312. The Hall–Kier alpha value is -2.45. The zero-order chi connectivity index (χ0) is 14.9. The van der Waals surface area contributed by atoms with Gasteiger partial charge in [-0.1, -0.05) is 12.1 Å². The molecule has 0 atom stereocenters. The van der Waals surface area contributed by atoms with Crippen LogP contribution in [-0.2, 0) is 13.1 Å². The summed E-state index contributed by atoms with van der Waals surface area (Å²) in [5, 5.41) is 11.9. The maximum absolute atomic E-state index is 8.83. The van der Waals surface area contributed by atoms with Gasteiger partial charge in [0.1, 0.15) is 5.82 Å². The van der Waals surface area contributed by atoms with Crippen LogP contribution in [0.25, 0.3) is 0 Å². The average Bonchev–Trinajstić information content (AvgIpc) is 2.54. The van der Waals surface area contributed by atoms with Crippen molar-refractivity contribution < 1.29 is 0 Å². The molecular formula is C16H19N5. The Kier molecular flexibility index (Phi) is 5.68. The molecule has 0 aliphatic heterocycles. The first kappa shape index (κ1) is 14.9. The molecule has 2 heterocycles. The van der Waals surface area contributed by atoms with Crippen molar-refractivity contribution in [3.8, 4) is 6.07 Å². The second-order valence-corrected chi connectivity index (χ2v) is 4.74. The number of nitriles is 1. The van der Waals surface area contributed by atoms with Gasteiger partial charge < -0.3 is 5.32 Å². The number of pyridine rings is 2. The van der Waals surface area contributed by atoms with Gasteiger partial charge in [0.15, 0.2) is 0 Å². The number of nitrogens with one attached hydrogen (secondary N) is 1. The molecule has 0 unspecified atom stereocenters. The maximum atomic E-state index is 8.83. The molecule has 5 heteroatoms. The van der Waals surface area contributed by atoms with Crippen LogP contribution in [0.15, 0.2) is 42.9 Å². The van der Waals surface area contributed by atoms with E-state index < -0.39 is 0 Å². The van der Waals surface area contributed by atoms with E-state index in [0.717, 1.165) is 36.6 Å². The van der Waals surface area contributed by atoms with Crippen molar-refractivity contribution in [3.63, 3.8) is 0 Å². The van der Waals surface area contributed by atoms with Gasteiger partial charge in [0, 0.05) is 57.3 Å². The summed E-state index contributed by atoms with van der Waals surface area (Å²) in [6, 6.07) is 10.2. The fourth-order valence-electron chi connectivity index (χ4n) is 2.20. The van der Waals surface area contributed by atoms with Crippen molar-refractivity contribution in [2.75, 3.05) is 18.9 Å². The number of aromatic nitrogens is 2. The predicted molar refractivity (Wildman–Crippen MR) is 82.4 cm³/mol. The van der Waals surface area contributed by atoms with Crippen LogP contribution in [0.1, 0.15) is 17.5 Å². The van der Waals surface area contributed by atoms with Crippen LogP contribution >= 0.6 is 0 Å². The van der Waals surface area contributed by atoms with Gasteiger partial charge in [0.2, 0.25) is 0 Å². The number of hydrogen-bond acceptors (Lipinski definition) is 5. The van der Waals surface area contributed by atoms with Gasteiger partial charge in [-0.2, -0.15) is 5.26 Å². The Bertz CT molecular complexity index is 591. The highest BCUT2D eigenvalue weighted by molar-refractivity contribution is 5.42. The predicted octanol–water partition coefficient (Wildman–Crippen LogP) is 2.43. The van der Waals surface area contributed by atoms with Crippen molar-refractivity contribution in [2.24, 2.45) is 0 Å². The van der Waals surface area contributed by atoms with Gasteiger partial charge in [-0.05, 0) is 17.7 Å². The standard InChI is InChI=1S/C16H19N5/c1-18-16-15(6-3-9-20-16)13-21(10-4-7-17)12-14-5-2-8-19-11-14/h2-3,5-6,8-9,11H,4,10,12-13H2,1H3,(H,18,20). The third-order valence-corrected chi connectivity index (χ3v) is 3.19. The number of nitrogens with zero attached hydrogens (tertiary/aromatic N) is 4. The second-order valence-electron chi connectivity index (χ2n) is 4.74. The molecular weight excluding hydrogens is 262 g/mol. The van der Waals surface area contributed by atoms with Crippen LogP contribution in [0.5, 0.6) is 0 Å². The van der Waals surface area contributed by atoms with Crippen molar-refractivity contribution in [3.05, 3.63) is 54.0 Å². The van der Waals surface area contributed by atoms with Crippen LogP contribution in [0.3, 0.4) is 0 Å². The van der Waals surface area contributed by atoms with Crippen LogP contribution in [0.2, 0.25) is 0 Å². The van der Waals surface area contributed by atoms with Crippen molar-refractivity contribution in [1.82, 2.24) is 14.9 Å². The number of rotatable bonds is 7. The molecule has 0 aliphatic carbocycles. The number of hydrogen-bond donors (Lipinski definition) is 1. The van der Waals surface area contributed by atoms with Crippen LogP contribution in [0.4, 0.5) is 5.82 Å². The van der Waals surface area contributed by atoms with E-state index in [1.807, 2.05) is 25.4 Å². The van der Waals surface area contributed by atoms with Gasteiger partial charge in [0.25, 0.3) is 0 Å². The lowest BCUT2D eigenvalue weighted by Gasteiger charge is -2.22. The lowest BCUT2D eigenvalue weighted by Crippen LogP contribution is -2.24. The topological polar surface area (TPSA) is 64.8 Å². The van der Waals surface area contributed by atoms with E-state index in [2.05, 4.69) is 38.4 Å². The summed E-state index contributed by atoms with van der Waals surface area (Å²) in [6.45, 7) is 2.25. The maximum Gasteiger partial charge on any atom is 0.130 e. The van der Waals surface area contributed by atoms with E-state index in [9.17, 15) is 0 Å². The molecule has 0 radical (unpaired) electrons. The highest BCUT2D eigenvalue weighted by Gasteiger charge is 2.10. The first-order valence-corrected chi connectivity index (χ1v) is 6.93. The molecule has 1 N–H and O–H groups in total. The molecule has 0 bridgehead atoms. The minimum atomic E-state index is 0.509. The van der Waals surface area contributed by atoms with Crippen LogP contribution < -0.4 is 5.32 Å². The molecule has 21 heavy (non-hydrogen) atoms. The summed E-state index contributed by atoms with van der Waals surface area (Å²) in [7, 11) is 1.87. The molecule has 0 spiro atoms. The first-order chi connectivity index (χ1) is 10.3. The second kappa shape index (κ2) is 7.98. The summed E-state index contributed by atoms with van der Waals surface area (Å²) in [6.07, 6.45) is 5.91. The van der Waals surface area contributed by atoms with Gasteiger partial charge in [-0.25, -0.2) is 4.98 Å². The highest BCUT2D eigenvalue weighted by Crippen LogP contribution is 2.15. The van der Waals surface area contributed by atoms with Gasteiger partial charge >= 0.3 is 0 Å². The SMILES string of the molecule is CNc1ncccc1CN(CCC#N)Cc1cccnc1. The van der Waals surface area contributed by atoms with E-state index >= 15 is 0 Å². The molecule has 0 aromatic carbocycles. The summed E-state index contributed by atoms with van der Waals surface area (Å²) >= 11 is 0. The lowest BCUT2D eigenvalue weighted by atomic mass is 10.2. The molecule has 0 saturated carbocycles. The third kappa shape index (κ3) is 4.55. The molecule has 0 saturated heterocycles.